The van der Waals surface area contributed by atoms with Crippen LogP contribution in [0.4, 0.5) is 28.9 Å². The van der Waals surface area contributed by atoms with Crippen LogP contribution in [0, 0.1) is 5.82 Å². The number of nitrogens with zero attached hydrogens (tertiary/aromatic N) is 1. The lowest BCUT2D eigenvalue weighted by Gasteiger charge is -2.17. The van der Waals surface area contributed by atoms with Gasteiger partial charge in [-0.05, 0) is 30.3 Å². The Balaban J connectivity index is 2.12. The van der Waals surface area contributed by atoms with Gasteiger partial charge in [-0.1, -0.05) is 24.3 Å². The van der Waals surface area contributed by atoms with Gasteiger partial charge in [0.25, 0.3) is 10.0 Å². The molecule has 0 unspecified atom stereocenters. The molecule has 148 valence electrons. The maximum Gasteiger partial charge on any atom is 0.416 e. The fourth-order valence-electron chi connectivity index (χ4n) is 2.87. The number of hydrogen-bond acceptors (Lipinski definition) is 3. The molecular formula is C19H16F4N2O2S. The van der Waals surface area contributed by atoms with Crippen LogP contribution < -0.4 is 9.62 Å². The Bertz CT molecular complexity index is 1140. The fourth-order valence-corrected chi connectivity index (χ4v) is 4.15. The van der Waals surface area contributed by atoms with E-state index in [1.54, 1.807) is 43.3 Å². The summed E-state index contributed by atoms with van der Waals surface area (Å²) in [6.45, 7) is 0. The van der Waals surface area contributed by atoms with E-state index < -0.39 is 33.3 Å². The van der Waals surface area contributed by atoms with Crippen molar-refractivity contribution in [1.29, 1.82) is 0 Å². The molecule has 3 rings (SSSR count). The molecule has 3 aromatic rings. The number of benzene rings is 3. The average molecular weight is 412 g/mol. The molecule has 0 aromatic heterocycles. The number of anilines is 2. The summed E-state index contributed by atoms with van der Waals surface area (Å²) in [5, 5.41) is 1.01. The van der Waals surface area contributed by atoms with Crippen molar-refractivity contribution >= 4 is 32.2 Å². The Morgan fingerprint density at radius 2 is 1.57 bits per heavy atom. The zero-order valence-electron chi connectivity index (χ0n) is 14.9. The van der Waals surface area contributed by atoms with Gasteiger partial charge < -0.3 is 4.90 Å². The zero-order chi connectivity index (χ0) is 20.7. The van der Waals surface area contributed by atoms with Gasteiger partial charge in [0.1, 0.15) is 5.82 Å². The van der Waals surface area contributed by atoms with Gasteiger partial charge in [-0.15, -0.1) is 0 Å². The van der Waals surface area contributed by atoms with Crippen LogP contribution >= 0.6 is 0 Å². The van der Waals surface area contributed by atoms with E-state index in [0.29, 0.717) is 29.0 Å². The van der Waals surface area contributed by atoms with Crippen molar-refractivity contribution in [2.45, 2.75) is 11.1 Å². The van der Waals surface area contributed by atoms with Crippen LogP contribution in [0.2, 0.25) is 0 Å². The van der Waals surface area contributed by atoms with Gasteiger partial charge in [-0.3, -0.25) is 4.72 Å². The second kappa shape index (κ2) is 6.97. The van der Waals surface area contributed by atoms with Crippen molar-refractivity contribution in [3.63, 3.8) is 0 Å². The van der Waals surface area contributed by atoms with E-state index in [4.69, 9.17) is 0 Å². The molecule has 0 spiro atoms. The fraction of sp³-hybridized carbons (Fsp3) is 0.158. The first-order valence-electron chi connectivity index (χ1n) is 8.09. The predicted molar refractivity (Wildman–Crippen MR) is 100 cm³/mol. The SMILES string of the molecule is CN(C)c1cccc2c(S(=O)(=O)Nc3cc(C(F)(F)F)ccc3F)cccc12. The molecule has 0 amide bonds. The van der Waals surface area contributed by atoms with E-state index in [2.05, 4.69) is 0 Å². The highest BCUT2D eigenvalue weighted by atomic mass is 32.2. The predicted octanol–water partition coefficient (Wildman–Crippen LogP) is 4.86. The number of alkyl halides is 3. The van der Waals surface area contributed by atoms with Gasteiger partial charge in [-0.25, -0.2) is 12.8 Å². The third-order valence-electron chi connectivity index (χ3n) is 4.17. The normalized spacial score (nSPS) is 12.2. The number of sulfonamides is 1. The summed E-state index contributed by atoms with van der Waals surface area (Å²) in [7, 11) is -0.747. The molecule has 0 aliphatic rings. The second-order valence-corrected chi connectivity index (χ2v) is 7.97. The molecule has 0 saturated carbocycles. The van der Waals surface area contributed by atoms with Crippen LogP contribution in [0.5, 0.6) is 0 Å². The van der Waals surface area contributed by atoms with E-state index in [9.17, 15) is 26.0 Å². The molecule has 0 heterocycles. The van der Waals surface area contributed by atoms with Crippen LogP contribution in [-0.4, -0.2) is 22.5 Å². The average Bonchev–Trinajstić information content (AvgIpc) is 2.61. The molecule has 3 aromatic carbocycles. The maximum absolute atomic E-state index is 14.0. The number of rotatable bonds is 4. The molecule has 0 aliphatic heterocycles. The molecule has 28 heavy (non-hydrogen) atoms. The Hall–Kier alpha value is -2.81. The maximum atomic E-state index is 14.0. The van der Waals surface area contributed by atoms with Gasteiger partial charge >= 0.3 is 6.18 Å². The second-order valence-electron chi connectivity index (χ2n) is 6.32. The number of nitrogens with one attached hydrogen (secondary N) is 1. The Labute approximate surface area is 159 Å². The Morgan fingerprint density at radius 3 is 2.21 bits per heavy atom. The summed E-state index contributed by atoms with van der Waals surface area (Å²) in [5.41, 5.74) is -1.16. The molecule has 0 atom stereocenters. The van der Waals surface area contributed by atoms with Crippen molar-refractivity contribution in [2.75, 3.05) is 23.7 Å². The number of fused-ring (bicyclic) bond motifs is 1. The molecular weight excluding hydrogens is 396 g/mol. The Kier molecular flexibility index (Phi) is 4.97. The van der Waals surface area contributed by atoms with Crippen molar-refractivity contribution in [2.24, 2.45) is 0 Å². The standard InChI is InChI=1S/C19H16F4N2O2S/c1-25(2)17-7-3-6-14-13(17)5-4-8-18(14)28(26,27)24-16-11-12(19(21,22)23)9-10-15(16)20/h3-11,24H,1-2H3. The monoisotopic (exact) mass is 412 g/mol. The van der Waals surface area contributed by atoms with E-state index in [1.165, 1.54) is 12.1 Å². The van der Waals surface area contributed by atoms with Crippen LogP contribution in [0.25, 0.3) is 10.8 Å². The molecule has 1 N–H and O–H groups in total. The summed E-state index contributed by atoms with van der Waals surface area (Å²) in [6, 6.07) is 11.2. The molecule has 0 radical (unpaired) electrons. The first-order valence-corrected chi connectivity index (χ1v) is 9.57. The molecule has 0 saturated heterocycles. The third kappa shape index (κ3) is 3.75. The highest BCUT2D eigenvalue weighted by molar-refractivity contribution is 7.93. The van der Waals surface area contributed by atoms with Crippen molar-refractivity contribution in [3.8, 4) is 0 Å². The minimum Gasteiger partial charge on any atom is -0.377 e. The number of hydrogen-bond donors (Lipinski definition) is 1. The minimum absolute atomic E-state index is 0.162. The van der Waals surface area contributed by atoms with Crippen LogP contribution in [0.3, 0.4) is 0 Å². The van der Waals surface area contributed by atoms with Crippen molar-refractivity contribution in [1.82, 2.24) is 0 Å². The highest BCUT2D eigenvalue weighted by Gasteiger charge is 2.32. The highest BCUT2D eigenvalue weighted by Crippen LogP contribution is 2.34. The first kappa shape index (κ1) is 19.9. The van der Waals surface area contributed by atoms with Crippen molar-refractivity contribution < 1.29 is 26.0 Å². The largest absolute Gasteiger partial charge is 0.416 e. The molecule has 4 nitrogen and oxygen atoms in total. The van der Waals surface area contributed by atoms with Gasteiger partial charge in [-0.2, -0.15) is 13.2 Å². The first-order chi connectivity index (χ1) is 13.0. The van der Waals surface area contributed by atoms with E-state index in [0.717, 1.165) is 5.69 Å². The van der Waals surface area contributed by atoms with E-state index in [-0.39, 0.29) is 4.90 Å². The molecule has 0 aliphatic carbocycles. The third-order valence-corrected chi connectivity index (χ3v) is 5.59. The quantitative estimate of drug-likeness (QED) is 0.623. The van der Waals surface area contributed by atoms with Crippen molar-refractivity contribution in [3.05, 3.63) is 66.0 Å². The summed E-state index contributed by atoms with van der Waals surface area (Å²) in [4.78, 5) is 1.64. The summed E-state index contributed by atoms with van der Waals surface area (Å²) >= 11 is 0. The molecule has 0 bridgehead atoms. The zero-order valence-corrected chi connectivity index (χ0v) is 15.7. The topological polar surface area (TPSA) is 49.4 Å². The lowest BCUT2D eigenvalue weighted by atomic mass is 10.1. The lowest BCUT2D eigenvalue weighted by molar-refractivity contribution is -0.137. The van der Waals surface area contributed by atoms with Crippen LogP contribution in [0.1, 0.15) is 5.56 Å². The summed E-state index contributed by atoms with van der Waals surface area (Å²) in [5.74, 6) is -1.11. The van der Waals surface area contributed by atoms with Gasteiger partial charge in [0, 0.05) is 30.6 Å². The minimum atomic E-state index is -4.73. The number of halogens is 4. The molecule has 9 heteroatoms. The van der Waals surface area contributed by atoms with E-state index in [1.807, 2.05) is 4.72 Å². The van der Waals surface area contributed by atoms with Crippen LogP contribution in [0.15, 0.2) is 59.5 Å². The van der Waals surface area contributed by atoms with E-state index >= 15 is 0 Å². The lowest BCUT2D eigenvalue weighted by Crippen LogP contribution is -2.16. The Morgan fingerprint density at radius 1 is 0.929 bits per heavy atom. The molecule has 0 fully saturated rings. The van der Waals surface area contributed by atoms with Gasteiger partial charge in [0.05, 0.1) is 16.1 Å². The van der Waals surface area contributed by atoms with Gasteiger partial charge in [0.2, 0.25) is 0 Å². The summed E-state index contributed by atoms with van der Waals surface area (Å²) in [6.07, 6.45) is -4.73. The summed E-state index contributed by atoms with van der Waals surface area (Å²) < 4.78 is 80.2. The smallest absolute Gasteiger partial charge is 0.377 e. The van der Waals surface area contributed by atoms with Crippen LogP contribution in [-0.2, 0) is 16.2 Å². The van der Waals surface area contributed by atoms with Gasteiger partial charge in [0.15, 0.2) is 0 Å².